The second kappa shape index (κ2) is 8.35. The molecule has 0 unspecified atom stereocenters. The molecule has 7 nitrogen and oxygen atoms in total. The number of ether oxygens (including phenoxy) is 1. The molecule has 2 aromatic rings. The maximum Gasteiger partial charge on any atom is 0.228 e. The SMILES string of the molecule is O=C(Nc1ccc(Nc2ccc(N3CCCC3)cc2)nn1)C1CCOCC1. The molecule has 0 radical (unpaired) electrons. The zero-order valence-electron chi connectivity index (χ0n) is 15.4. The van der Waals surface area contributed by atoms with Gasteiger partial charge in [-0.2, -0.15) is 0 Å². The topological polar surface area (TPSA) is 79.4 Å². The molecule has 0 atom stereocenters. The summed E-state index contributed by atoms with van der Waals surface area (Å²) < 4.78 is 5.29. The molecule has 1 amide bonds. The Morgan fingerprint density at radius 2 is 1.63 bits per heavy atom. The predicted molar refractivity (Wildman–Crippen MR) is 105 cm³/mol. The summed E-state index contributed by atoms with van der Waals surface area (Å²) in [7, 11) is 0. The Morgan fingerprint density at radius 3 is 2.30 bits per heavy atom. The molecular formula is C20H25N5O2. The molecule has 4 rings (SSSR count). The van der Waals surface area contributed by atoms with Crippen molar-refractivity contribution in [3.05, 3.63) is 36.4 Å². The number of rotatable bonds is 5. The lowest BCUT2D eigenvalue weighted by atomic mass is 9.99. The fraction of sp³-hybridized carbons (Fsp3) is 0.450. The quantitative estimate of drug-likeness (QED) is 0.845. The van der Waals surface area contributed by atoms with Gasteiger partial charge >= 0.3 is 0 Å². The summed E-state index contributed by atoms with van der Waals surface area (Å²) in [5.41, 5.74) is 2.22. The Balaban J connectivity index is 1.32. The zero-order valence-corrected chi connectivity index (χ0v) is 15.4. The lowest BCUT2D eigenvalue weighted by Gasteiger charge is -2.20. The lowest BCUT2D eigenvalue weighted by molar-refractivity contribution is -0.122. The van der Waals surface area contributed by atoms with E-state index in [1.54, 1.807) is 6.07 Å². The van der Waals surface area contributed by atoms with Crippen molar-refractivity contribution in [1.82, 2.24) is 10.2 Å². The van der Waals surface area contributed by atoms with Gasteiger partial charge in [0.2, 0.25) is 5.91 Å². The molecule has 3 heterocycles. The summed E-state index contributed by atoms with van der Waals surface area (Å²) in [6, 6.07) is 11.9. The van der Waals surface area contributed by atoms with Crippen LogP contribution in [0.25, 0.3) is 0 Å². The number of carbonyl (C=O) groups excluding carboxylic acids is 1. The second-order valence-electron chi connectivity index (χ2n) is 7.05. The van der Waals surface area contributed by atoms with E-state index in [0.29, 0.717) is 24.8 Å². The van der Waals surface area contributed by atoms with Gasteiger partial charge < -0.3 is 20.3 Å². The fourth-order valence-electron chi connectivity index (χ4n) is 3.53. The van der Waals surface area contributed by atoms with Gasteiger partial charge in [0, 0.05) is 43.6 Å². The van der Waals surface area contributed by atoms with E-state index in [1.807, 2.05) is 6.07 Å². The molecule has 1 aromatic heterocycles. The van der Waals surface area contributed by atoms with Crippen molar-refractivity contribution < 1.29 is 9.53 Å². The molecule has 2 aliphatic heterocycles. The number of carbonyl (C=O) groups is 1. The van der Waals surface area contributed by atoms with Crippen molar-refractivity contribution in [1.29, 1.82) is 0 Å². The normalized spacial score (nSPS) is 17.7. The van der Waals surface area contributed by atoms with Gasteiger partial charge in [0.1, 0.15) is 0 Å². The Kier molecular flexibility index (Phi) is 5.48. The summed E-state index contributed by atoms with van der Waals surface area (Å²) in [6.07, 6.45) is 4.05. The first-order valence-corrected chi connectivity index (χ1v) is 9.62. The summed E-state index contributed by atoms with van der Waals surface area (Å²) in [5, 5.41) is 14.4. The van der Waals surface area contributed by atoms with Gasteiger partial charge in [0.25, 0.3) is 0 Å². The van der Waals surface area contributed by atoms with Crippen molar-refractivity contribution in [3.63, 3.8) is 0 Å². The van der Waals surface area contributed by atoms with E-state index in [0.717, 1.165) is 31.6 Å². The highest BCUT2D eigenvalue weighted by atomic mass is 16.5. The molecule has 142 valence electrons. The Bertz CT molecular complexity index is 751. The summed E-state index contributed by atoms with van der Waals surface area (Å²) in [5.74, 6) is 1.10. The van der Waals surface area contributed by atoms with Crippen LogP contribution in [0, 0.1) is 5.92 Å². The Hall–Kier alpha value is -2.67. The van der Waals surface area contributed by atoms with Gasteiger partial charge in [-0.1, -0.05) is 0 Å². The van der Waals surface area contributed by atoms with Crippen LogP contribution in [0.4, 0.5) is 23.0 Å². The number of nitrogens with zero attached hydrogens (tertiary/aromatic N) is 3. The third kappa shape index (κ3) is 4.54. The van der Waals surface area contributed by atoms with Crippen molar-refractivity contribution in [2.75, 3.05) is 41.8 Å². The minimum Gasteiger partial charge on any atom is -0.381 e. The highest BCUT2D eigenvalue weighted by molar-refractivity contribution is 5.91. The molecule has 0 saturated carbocycles. The molecule has 0 aliphatic carbocycles. The van der Waals surface area contributed by atoms with Crippen LogP contribution in [-0.2, 0) is 9.53 Å². The summed E-state index contributed by atoms with van der Waals surface area (Å²) in [4.78, 5) is 14.6. The number of hydrogen-bond donors (Lipinski definition) is 2. The summed E-state index contributed by atoms with van der Waals surface area (Å²) >= 11 is 0. The van der Waals surface area contributed by atoms with Crippen LogP contribution in [0.15, 0.2) is 36.4 Å². The maximum absolute atomic E-state index is 12.2. The first kappa shape index (κ1) is 17.7. The van der Waals surface area contributed by atoms with Crippen LogP contribution >= 0.6 is 0 Å². The molecule has 2 fully saturated rings. The van der Waals surface area contributed by atoms with Crippen LogP contribution in [0.3, 0.4) is 0 Å². The largest absolute Gasteiger partial charge is 0.381 e. The van der Waals surface area contributed by atoms with Crippen LogP contribution < -0.4 is 15.5 Å². The van der Waals surface area contributed by atoms with Crippen molar-refractivity contribution in [2.24, 2.45) is 5.92 Å². The smallest absolute Gasteiger partial charge is 0.228 e. The first-order chi connectivity index (χ1) is 13.3. The van der Waals surface area contributed by atoms with E-state index in [1.165, 1.54) is 18.5 Å². The number of aromatic nitrogens is 2. The average molecular weight is 367 g/mol. The Labute approximate surface area is 159 Å². The van der Waals surface area contributed by atoms with Crippen LogP contribution in [0.5, 0.6) is 0 Å². The molecule has 7 heteroatoms. The van der Waals surface area contributed by atoms with Gasteiger partial charge in [0.15, 0.2) is 11.6 Å². The molecule has 1 aromatic carbocycles. The first-order valence-electron chi connectivity index (χ1n) is 9.62. The third-order valence-electron chi connectivity index (χ3n) is 5.12. The minimum absolute atomic E-state index is 0.00697. The predicted octanol–water partition coefficient (Wildman–Crippen LogP) is 3.19. The monoisotopic (exact) mass is 367 g/mol. The maximum atomic E-state index is 12.2. The van der Waals surface area contributed by atoms with E-state index in [-0.39, 0.29) is 11.8 Å². The highest BCUT2D eigenvalue weighted by Gasteiger charge is 2.21. The molecule has 0 bridgehead atoms. The molecular weight excluding hydrogens is 342 g/mol. The van der Waals surface area contributed by atoms with Crippen molar-refractivity contribution >= 4 is 28.9 Å². The fourth-order valence-corrected chi connectivity index (χ4v) is 3.53. The van der Waals surface area contributed by atoms with Crippen LogP contribution in [0.1, 0.15) is 25.7 Å². The standard InChI is InChI=1S/C20H25N5O2/c26-20(15-9-13-27-14-10-15)22-19-8-7-18(23-24-19)21-16-3-5-17(6-4-16)25-11-1-2-12-25/h3-8,15H,1-2,9-14H2,(H,21,23)(H,22,24,26). The van der Waals surface area contributed by atoms with Crippen molar-refractivity contribution in [2.45, 2.75) is 25.7 Å². The zero-order chi connectivity index (χ0) is 18.5. The molecule has 27 heavy (non-hydrogen) atoms. The molecule has 2 saturated heterocycles. The van der Waals surface area contributed by atoms with E-state index in [2.05, 4.69) is 50.0 Å². The van der Waals surface area contributed by atoms with Gasteiger partial charge in [0.05, 0.1) is 0 Å². The average Bonchev–Trinajstić information content (AvgIpc) is 3.26. The molecule has 2 aliphatic rings. The number of hydrogen-bond acceptors (Lipinski definition) is 6. The van der Waals surface area contributed by atoms with Gasteiger partial charge in [-0.3, -0.25) is 4.79 Å². The Morgan fingerprint density at radius 1 is 0.963 bits per heavy atom. The van der Waals surface area contributed by atoms with Gasteiger partial charge in [-0.15, -0.1) is 10.2 Å². The van der Waals surface area contributed by atoms with Crippen LogP contribution in [-0.4, -0.2) is 42.4 Å². The highest BCUT2D eigenvalue weighted by Crippen LogP contribution is 2.23. The number of nitrogens with one attached hydrogen (secondary N) is 2. The third-order valence-corrected chi connectivity index (χ3v) is 5.12. The lowest BCUT2D eigenvalue weighted by Crippen LogP contribution is -2.28. The van der Waals surface area contributed by atoms with Gasteiger partial charge in [-0.05, 0) is 62.1 Å². The summed E-state index contributed by atoms with van der Waals surface area (Å²) in [6.45, 7) is 3.56. The number of amides is 1. The molecule has 0 spiro atoms. The molecule has 2 N–H and O–H groups in total. The van der Waals surface area contributed by atoms with Crippen LogP contribution in [0.2, 0.25) is 0 Å². The number of benzene rings is 1. The number of anilines is 4. The second-order valence-corrected chi connectivity index (χ2v) is 7.05. The van der Waals surface area contributed by atoms with Crippen molar-refractivity contribution in [3.8, 4) is 0 Å². The van der Waals surface area contributed by atoms with Gasteiger partial charge in [-0.25, -0.2) is 0 Å². The van der Waals surface area contributed by atoms with E-state index in [9.17, 15) is 4.79 Å². The van der Waals surface area contributed by atoms with E-state index in [4.69, 9.17) is 4.74 Å². The van der Waals surface area contributed by atoms with E-state index < -0.39 is 0 Å². The minimum atomic E-state index is -0.00851. The van der Waals surface area contributed by atoms with E-state index >= 15 is 0 Å².